The average Bonchev–Trinajstić information content (AvgIpc) is 2.88. The van der Waals surface area contributed by atoms with Gasteiger partial charge in [-0.1, -0.05) is 18.2 Å². The predicted octanol–water partition coefficient (Wildman–Crippen LogP) is 5.10. The van der Waals surface area contributed by atoms with Gasteiger partial charge in [0.2, 0.25) is 5.92 Å². The number of amides is 2. The number of piperidine rings is 1. The fraction of sp³-hybridized carbons (Fsp3) is 0.750. The molecule has 9 heteroatoms. The van der Waals surface area contributed by atoms with Crippen LogP contribution in [0, 0.1) is 24.6 Å². The summed E-state index contributed by atoms with van der Waals surface area (Å²) >= 11 is 0. The normalized spacial score (nSPS) is 22.9. The Balaban J connectivity index is 1.60. The summed E-state index contributed by atoms with van der Waals surface area (Å²) < 4.78 is 47.1. The number of benzene rings is 1. The van der Waals surface area contributed by atoms with E-state index in [4.69, 9.17) is 10.5 Å². The van der Waals surface area contributed by atoms with Gasteiger partial charge < -0.3 is 25.8 Å². The minimum absolute atomic E-state index is 0.0954. The zero-order chi connectivity index (χ0) is 27.1. The number of alkyl halides is 2. The maximum absolute atomic E-state index is 15.2. The van der Waals surface area contributed by atoms with Gasteiger partial charge >= 0.3 is 6.03 Å². The smallest absolute Gasteiger partial charge is 0.317 e. The minimum atomic E-state index is -2.56. The lowest BCUT2D eigenvalue weighted by atomic mass is 9.73. The summed E-state index contributed by atoms with van der Waals surface area (Å²) in [5.41, 5.74) is 5.59. The van der Waals surface area contributed by atoms with Gasteiger partial charge in [-0.05, 0) is 69.8 Å². The van der Waals surface area contributed by atoms with Crippen LogP contribution in [0.1, 0.15) is 75.3 Å². The predicted molar refractivity (Wildman–Crippen MR) is 138 cm³/mol. The van der Waals surface area contributed by atoms with E-state index >= 15 is 4.39 Å². The van der Waals surface area contributed by atoms with Crippen molar-refractivity contribution in [2.24, 2.45) is 17.6 Å². The molecule has 2 fully saturated rings. The van der Waals surface area contributed by atoms with Crippen molar-refractivity contribution in [3.05, 3.63) is 35.1 Å². The van der Waals surface area contributed by atoms with E-state index in [-0.39, 0.29) is 48.9 Å². The number of hydrogen-bond donors (Lipinski definition) is 3. The Morgan fingerprint density at radius 3 is 2.73 bits per heavy atom. The number of urea groups is 1. The van der Waals surface area contributed by atoms with Gasteiger partial charge in [0.15, 0.2) is 0 Å². The molecule has 3 atom stereocenters. The van der Waals surface area contributed by atoms with Crippen molar-refractivity contribution in [3.8, 4) is 0 Å². The molecule has 6 nitrogen and oxygen atoms in total. The van der Waals surface area contributed by atoms with Gasteiger partial charge in [-0.15, -0.1) is 0 Å². The number of ether oxygens (including phenoxy) is 1. The Hall–Kier alpha value is -1.84. The Bertz CT molecular complexity index is 877. The number of carbonyl (C=O) groups is 1. The summed E-state index contributed by atoms with van der Waals surface area (Å²) in [6.07, 6.45) is 4.51. The van der Waals surface area contributed by atoms with Gasteiger partial charge in [-0.3, -0.25) is 0 Å². The van der Waals surface area contributed by atoms with Gasteiger partial charge in [0.25, 0.3) is 0 Å². The SMILES string of the molecule is COCCCC[C@@](O)(c1cccc(C)c1F)[C@@H]1CCCN(C(=O)NC[C@@H](N)CC2CCC(F)(F)CC2)C1. The van der Waals surface area contributed by atoms with Gasteiger partial charge in [0, 0.05) is 63.7 Å². The third kappa shape index (κ3) is 8.07. The van der Waals surface area contributed by atoms with Crippen LogP contribution in [0.3, 0.4) is 0 Å². The number of halogens is 3. The second-order valence-electron chi connectivity index (χ2n) is 11.1. The summed E-state index contributed by atoms with van der Waals surface area (Å²) in [7, 11) is 1.63. The second kappa shape index (κ2) is 13.3. The Morgan fingerprint density at radius 2 is 2.03 bits per heavy atom. The molecule has 210 valence electrons. The maximum Gasteiger partial charge on any atom is 0.317 e. The Morgan fingerprint density at radius 1 is 1.30 bits per heavy atom. The number of likely N-dealkylation sites (tertiary alicyclic amines) is 1. The molecule has 1 aliphatic heterocycles. The molecule has 37 heavy (non-hydrogen) atoms. The number of aliphatic hydroxyl groups is 1. The molecular weight excluding hydrogens is 483 g/mol. The zero-order valence-corrected chi connectivity index (χ0v) is 22.3. The largest absolute Gasteiger partial charge is 0.385 e. The van der Waals surface area contributed by atoms with Crippen molar-refractivity contribution in [2.45, 2.75) is 88.7 Å². The van der Waals surface area contributed by atoms with E-state index in [1.165, 1.54) is 0 Å². The first-order valence-electron chi connectivity index (χ1n) is 13.7. The number of nitrogens with two attached hydrogens (primary N) is 1. The first-order chi connectivity index (χ1) is 17.6. The van der Waals surface area contributed by atoms with E-state index in [9.17, 15) is 18.7 Å². The summed E-state index contributed by atoms with van der Waals surface area (Å²) in [6, 6.07) is 4.53. The van der Waals surface area contributed by atoms with E-state index in [2.05, 4.69) is 5.32 Å². The molecule has 0 spiro atoms. The lowest BCUT2D eigenvalue weighted by Crippen LogP contribution is -2.52. The molecular formula is C28H44F3N3O3. The fourth-order valence-electron chi connectivity index (χ4n) is 5.91. The lowest BCUT2D eigenvalue weighted by Gasteiger charge is -2.43. The number of nitrogens with zero attached hydrogens (tertiary/aromatic N) is 1. The molecule has 2 aliphatic rings. The summed E-state index contributed by atoms with van der Waals surface area (Å²) in [5.74, 6) is -3.12. The van der Waals surface area contributed by atoms with E-state index in [0.29, 0.717) is 70.2 Å². The van der Waals surface area contributed by atoms with Crippen LogP contribution in [-0.4, -0.2) is 61.4 Å². The first kappa shape index (κ1) is 29.7. The van der Waals surface area contributed by atoms with Crippen LogP contribution in [0.15, 0.2) is 18.2 Å². The van der Waals surface area contributed by atoms with Crippen LogP contribution in [0.25, 0.3) is 0 Å². The van der Waals surface area contributed by atoms with Gasteiger partial charge in [-0.2, -0.15) is 0 Å². The van der Waals surface area contributed by atoms with Crippen LogP contribution >= 0.6 is 0 Å². The summed E-state index contributed by atoms with van der Waals surface area (Å²) in [4.78, 5) is 14.7. The van der Waals surface area contributed by atoms with E-state index < -0.39 is 17.3 Å². The van der Waals surface area contributed by atoms with Crippen molar-refractivity contribution in [1.82, 2.24) is 10.2 Å². The third-order valence-electron chi connectivity index (χ3n) is 8.19. The van der Waals surface area contributed by atoms with Crippen LogP contribution < -0.4 is 11.1 Å². The van der Waals surface area contributed by atoms with Crippen molar-refractivity contribution in [2.75, 3.05) is 33.4 Å². The molecule has 1 aromatic rings. The molecule has 0 unspecified atom stereocenters. The molecule has 3 rings (SSSR count). The van der Waals surface area contributed by atoms with Crippen LogP contribution in [-0.2, 0) is 10.3 Å². The number of aryl methyl sites for hydroxylation is 1. The van der Waals surface area contributed by atoms with Gasteiger partial charge in [0.05, 0.1) is 5.60 Å². The number of hydrogen-bond acceptors (Lipinski definition) is 4. The fourth-order valence-corrected chi connectivity index (χ4v) is 5.91. The number of nitrogens with one attached hydrogen (secondary N) is 1. The summed E-state index contributed by atoms with van der Waals surface area (Å²) in [6.45, 7) is 3.38. The minimum Gasteiger partial charge on any atom is -0.385 e. The third-order valence-corrected chi connectivity index (χ3v) is 8.19. The first-order valence-corrected chi connectivity index (χ1v) is 13.7. The topological polar surface area (TPSA) is 87.8 Å². The van der Waals surface area contributed by atoms with Crippen molar-refractivity contribution >= 4 is 6.03 Å². The highest BCUT2D eigenvalue weighted by atomic mass is 19.3. The Labute approximate surface area is 219 Å². The molecule has 0 radical (unpaired) electrons. The van der Waals surface area contributed by atoms with Crippen molar-refractivity contribution in [1.29, 1.82) is 0 Å². The number of methoxy groups -OCH3 is 1. The maximum atomic E-state index is 15.2. The molecule has 1 saturated carbocycles. The molecule has 2 amide bonds. The van der Waals surface area contributed by atoms with Crippen molar-refractivity contribution in [3.63, 3.8) is 0 Å². The molecule has 1 aromatic carbocycles. The van der Waals surface area contributed by atoms with E-state index in [1.54, 1.807) is 37.1 Å². The number of unbranched alkanes of at least 4 members (excludes halogenated alkanes) is 1. The van der Waals surface area contributed by atoms with Crippen LogP contribution in [0.5, 0.6) is 0 Å². The highest BCUT2D eigenvalue weighted by molar-refractivity contribution is 5.74. The number of rotatable bonds is 11. The van der Waals surface area contributed by atoms with Crippen molar-refractivity contribution < 1.29 is 27.8 Å². The highest BCUT2D eigenvalue weighted by Gasteiger charge is 2.43. The average molecular weight is 528 g/mol. The number of carbonyl (C=O) groups excluding carboxylic acids is 1. The molecule has 0 aromatic heterocycles. The Kier molecular flexibility index (Phi) is 10.7. The van der Waals surface area contributed by atoms with Crippen LogP contribution in [0.2, 0.25) is 0 Å². The summed E-state index contributed by atoms with van der Waals surface area (Å²) in [5, 5.41) is 14.8. The molecule has 1 aliphatic carbocycles. The van der Waals surface area contributed by atoms with Gasteiger partial charge in [-0.25, -0.2) is 18.0 Å². The quantitative estimate of drug-likeness (QED) is 0.349. The molecule has 1 saturated heterocycles. The monoisotopic (exact) mass is 527 g/mol. The van der Waals surface area contributed by atoms with Gasteiger partial charge in [0.1, 0.15) is 5.82 Å². The van der Waals surface area contributed by atoms with E-state index in [0.717, 1.165) is 6.42 Å². The molecule has 0 bridgehead atoms. The standard InChI is InChI=1S/C28H44F3N3O3/c1-20-7-5-9-24(25(20)29)28(36,12-3-4-16-37-2)22-8-6-15-34(19-22)26(35)33-18-23(32)17-21-10-13-27(30,31)14-11-21/h5,7,9,21-23,36H,3-4,6,8,10-19,32H2,1-2H3,(H,33,35)/t22-,23+,28+/m1/s1. The molecule has 1 heterocycles. The lowest BCUT2D eigenvalue weighted by molar-refractivity contribution is -0.0587. The molecule has 4 N–H and O–H groups in total. The zero-order valence-electron chi connectivity index (χ0n) is 22.3. The highest BCUT2D eigenvalue weighted by Crippen LogP contribution is 2.41. The van der Waals surface area contributed by atoms with E-state index in [1.807, 2.05) is 0 Å². The van der Waals surface area contributed by atoms with Crippen LogP contribution in [0.4, 0.5) is 18.0 Å². The second-order valence-corrected chi connectivity index (χ2v) is 11.1.